The number of hydrogen-bond donors (Lipinski definition) is 0. The molecule has 0 unspecified atom stereocenters. The molecule has 0 spiro atoms. The molecule has 0 saturated carbocycles. The van der Waals surface area contributed by atoms with Gasteiger partial charge in [-0.2, -0.15) is 0 Å². The summed E-state index contributed by atoms with van der Waals surface area (Å²) in [7, 11) is 0. The van der Waals surface area contributed by atoms with Crippen LogP contribution in [-0.2, 0) is 6.61 Å². The van der Waals surface area contributed by atoms with E-state index in [9.17, 15) is 4.39 Å². The van der Waals surface area contributed by atoms with Crippen LogP contribution in [0.2, 0.25) is 5.02 Å². The number of rotatable bonds is 3. The number of ether oxygens (including phenoxy) is 1. The summed E-state index contributed by atoms with van der Waals surface area (Å²) < 4.78 is 19.0. The summed E-state index contributed by atoms with van der Waals surface area (Å²) in [6.07, 6.45) is 0. The lowest BCUT2D eigenvalue weighted by Crippen LogP contribution is -1.97. The monoisotopic (exact) mass is 321 g/mol. The second-order valence-corrected chi connectivity index (χ2v) is 4.92. The van der Waals surface area contributed by atoms with Crippen LogP contribution >= 0.6 is 38.9 Å². The van der Waals surface area contributed by atoms with Gasteiger partial charge in [-0.3, -0.25) is 0 Å². The summed E-state index contributed by atoms with van der Waals surface area (Å²) in [6, 6.07) is 2.78. The Morgan fingerprint density at radius 1 is 1.50 bits per heavy atom. The third-order valence-electron chi connectivity index (χ3n) is 1.82. The number of thiazole rings is 1. The smallest absolute Gasteiger partial charge is 0.142 e. The van der Waals surface area contributed by atoms with Crippen molar-refractivity contribution >= 4 is 38.9 Å². The zero-order valence-electron chi connectivity index (χ0n) is 7.91. The average molecular weight is 323 g/mol. The van der Waals surface area contributed by atoms with Gasteiger partial charge in [0.2, 0.25) is 0 Å². The lowest BCUT2D eigenvalue weighted by molar-refractivity contribution is 0.298. The summed E-state index contributed by atoms with van der Waals surface area (Å²) in [5.74, 6) is -0.0706. The second-order valence-electron chi connectivity index (χ2n) is 2.97. The van der Waals surface area contributed by atoms with E-state index in [4.69, 9.17) is 16.3 Å². The summed E-state index contributed by atoms with van der Waals surface area (Å²) in [5, 5.41) is 2.17. The minimum absolute atomic E-state index is 0.270. The van der Waals surface area contributed by atoms with Gasteiger partial charge in [0, 0.05) is 16.5 Å². The Labute approximate surface area is 109 Å². The van der Waals surface area contributed by atoms with Crippen molar-refractivity contribution in [3.05, 3.63) is 44.0 Å². The molecule has 0 atom stereocenters. The SMILES string of the molecule is Fc1cc(Cl)cc(OCc2cscn2)c1Br. The normalized spacial score (nSPS) is 10.4. The molecular weight excluding hydrogens is 317 g/mol. The van der Waals surface area contributed by atoms with Crippen molar-refractivity contribution in [2.45, 2.75) is 6.61 Å². The molecule has 2 aromatic rings. The Morgan fingerprint density at radius 2 is 2.31 bits per heavy atom. The Balaban J connectivity index is 2.15. The molecule has 0 bridgehead atoms. The molecule has 0 N–H and O–H groups in total. The fraction of sp³-hybridized carbons (Fsp3) is 0.100. The van der Waals surface area contributed by atoms with E-state index in [0.717, 1.165) is 5.69 Å². The predicted molar refractivity (Wildman–Crippen MR) is 65.6 cm³/mol. The molecule has 2 rings (SSSR count). The van der Waals surface area contributed by atoms with Crippen LogP contribution in [0.25, 0.3) is 0 Å². The van der Waals surface area contributed by atoms with E-state index in [1.807, 2.05) is 5.38 Å². The topological polar surface area (TPSA) is 22.1 Å². The van der Waals surface area contributed by atoms with Gasteiger partial charge in [0.25, 0.3) is 0 Å². The second kappa shape index (κ2) is 5.12. The molecule has 0 amide bonds. The summed E-state index contributed by atoms with van der Waals surface area (Å²) >= 11 is 10.3. The van der Waals surface area contributed by atoms with Gasteiger partial charge < -0.3 is 4.74 Å². The first-order valence-electron chi connectivity index (χ1n) is 4.31. The lowest BCUT2D eigenvalue weighted by Gasteiger charge is -2.07. The van der Waals surface area contributed by atoms with Gasteiger partial charge >= 0.3 is 0 Å². The molecule has 84 valence electrons. The molecule has 0 saturated heterocycles. The summed E-state index contributed by atoms with van der Waals surface area (Å²) in [4.78, 5) is 4.06. The minimum atomic E-state index is -0.444. The van der Waals surface area contributed by atoms with E-state index in [0.29, 0.717) is 17.4 Å². The van der Waals surface area contributed by atoms with Crippen molar-refractivity contribution in [3.8, 4) is 5.75 Å². The van der Waals surface area contributed by atoms with Gasteiger partial charge in [-0.1, -0.05) is 11.6 Å². The van der Waals surface area contributed by atoms with Gasteiger partial charge in [-0.05, 0) is 22.0 Å². The van der Waals surface area contributed by atoms with Crippen LogP contribution in [0.1, 0.15) is 5.69 Å². The standard InChI is InChI=1S/C10H6BrClFNOS/c11-10-8(13)1-6(12)2-9(10)15-3-7-4-16-5-14-7/h1-2,4-5H,3H2. The number of benzene rings is 1. The largest absolute Gasteiger partial charge is 0.486 e. The Bertz CT molecular complexity index is 492. The van der Waals surface area contributed by atoms with Crippen molar-refractivity contribution in [2.75, 3.05) is 0 Å². The zero-order chi connectivity index (χ0) is 11.5. The van der Waals surface area contributed by atoms with E-state index < -0.39 is 5.82 Å². The molecule has 2 nitrogen and oxygen atoms in total. The summed E-state index contributed by atoms with van der Waals surface area (Å²) in [5.41, 5.74) is 2.52. The molecule has 6 heteroatoms. The molecule has 1 aromatic carbocycles. The fourth-order valence-corrected chi connectivity index (χ4v) is 2.18. The van der Waals surface area contributed by atoms with Gasteiger partial charge in [-0.15, -0.1) is 11.3 Å². The fourth-order valence-electron chi connectivity index (χ4n) is 1.10. The first-order chi connectivity index (χ1) is 7.66. The van der Waals surface area contributed by atoms with Crippen LogP contribution in [-0.4, -0.2) is 4.98 Å². The maximum atomic E-state index is 13.3. The van der Waals surface area contributed by atoms with Crippen molar-refractivity contribution in [2.24, 2.45) is 0 Å². The average Bonchev–Trinajstić information content (AvgIpc) is 2.74. The molecular formula is C10H6BrClFNOS. The highest BCUT2D eigenvalue weighted by Crippen LogP contribution is 2.31. The molecule has 1 aromatic heterocycles. The highest BCUT2D eigenvalue weighted by atomic mass is 79.9. The third kappa shape index (κ3) is 2.72. The van der Waals surface area contributed by atoms with Crippen molar-refractivity contribution in [1.82, 2.24) is 4.98 Å². The van der Waals surface area contributed by atoms with Crippen LogP contribution in [0.4, 0.5) is 4.39 Å². The molecule has 1 heterocycles. The molecule has 0 aliphatic rings. The van der Waals surface area contributed by atoms with Crippen molar-refractivity contribution in [1.29, 1.82) is 0 Å². The summed E-state index contributed by atoms with van der Waals surface area (Å²) in [6.45, 7) is 0.294. The Hall–Kier alpha value is -0.650. The predicted octanol–water partition coefficient (Wildman–Crippen LogP) is 4.28. The first-order valence-corrected chi connectivity index (χ1v) is 6.42. The van der Waals surface area contributed by atoms with Crippen LogP contribution in [0.3, 0.4) is 0 Å². The van der Waals surface area contributed by atoms with E-state index in [1.165, 1.54) is 17.4 Å². The minimum Gasteiger partial charge on any atom is -0.486 e. The van der Waals surface area contributed by atoms with Crippen molar-refractivity contribution < 1.29 is 9.13 Å². The number of hydrogen-bond acceptors (Lipinski definition) is 3. The van der Waals surface area contributed by atoms with Gasteiger partial charge in [-0.25, -0.2) is 9.37 Å². The number of nitrogens with zero attached hydrogens (tertiary/aromatic N) is 1. The zero-order valence-corrected chi connectivity index (χ0v) is 11.1. The highest BCUT2D eigenvalue weighted by Gasteiger charge is 2.09. The highest BCUT2D eigenvalue weighted by molar-refractivity contribution is 9.10. The maximum absolute atomic E-state index is 13.3. The molecule has 16 heavy (non-hydrogen) atoms. The molecule has 0 aliphatic heterocycles. The van der Waals surface area contributed by atoms with E-state index >= 15 is 0 Å². The van der Waals surface area contributed by atoms with E-state index in [1.54, 1.807) is 11.6 Å². The molecule has 0 radical (unpaired) electrons. The third-order valence-corrected chi connectivity index (χ3v) is 3.44. The van der Waals surface area contributed by atoms with E-state index in [2.05, 4.69) is 20.9 Å². The van der Waals surface area contributed by atoms with Crippen LogP contribution in [0.5, 0.6) is 5.75 Å². The van der Waals surface area contributed by atoms with Crippen LogP contribution < -0.4 is 4.74 Å². The van der Waals surface area contributed by atoms with Crippen LogP contribution in [0.15, 0.2) is 27.5 Å². The van der Waals surface area contributed by atoms with E-state index in [-0.39, 0.29) is 4.47 Å². The molecule has 0 fully saturated rings. The van der Waals surface area contributed by atoms with Crippen LogP contribution in [0, 0.1) is 5.82 Å². The lowest BCUT2D eigenvalue weighted by atomic mass is 10.3. The Kier molecular flexibility index (Phi) is 3.78. The quantitative estimate of drug-likeness (QED) is 0.787. The number of halogens is 3. The molecule has 0 aliphatic carbocycles. The first kappa shape index (κ1) is 11.8. The van der Waals surface area contributed by atoms with Gasteiger partial charge in [0.05, 0.1) is 15.7 Å². The van der Waals surface area contributed by atoms with Gasteiger partial charge in [0.1, 0.15) is 18.2 Å². The Morgan fingerprint density at radius 3 is 3.00 bits per heavy atom. The maximum Gasteiger partial charge on any atom is 0.142 e. The number of aromatic nitrogens is 1. The van der Waals surface area contributed by atoms with Crippen molar-refractivity contribution in [3.63, 3.8) is 0 Å². The van der Waals surface area contributed by atoms with Gasteiger partial charge in [0.15, 0.2) is 0 Å².